The molecule has 0 aromatic heterocycles. The lowest BCUT2D eigenvalue weighted by Crippen LogP contribution is -2.43. The van der Waals surface area contributed by atoms with E-state index in [0.717, 1.165) is 5.56 Å². The van der Waals surface area contributed by atoms with Gasteiger partial charge in [0, 0.05) is 11.6 Å². The van der Waals surface area contributed by atoms with Crippen LogP contribution < -0.4 is 0 Å². The summed E-state index contributed by atoms with van der Waals surface area (Å²) in [5.74, 6) is -0.0562. The summed E-state index contributed by atoms with van der Waals surface area (Å²) in [5.41, 5.74) is 1.02. The number of hydrogen-bond donors (Lipinski definition) is 0. The number of alkyl halides is 1. The fourth-order valence-corrected chi connectivity index (χ4v) is 2.22. The molecular formula is C12H13Cl2NO2. The van der Waals surface area contributed by atoms with E-state index in [1.54, 1.807) is 4.90 Å². The van der Waals surface area contributed by atoms with E-state index in [4.69, 9.17) is 27.9 Å². The summed E-state index contributed by atoms with van der Waals surface area (Å²) < 4.78 is 5.42. The van der Waals surface area contributed by atoms with Gasteiger partial charge in [-0.1, -0.05) is 23.7 Å². The molecule has 1 aliphatic rings. The first-order valence-corrected chi connectivity index (χ1v) is 6.32. The van der Waals surface area contributed by atoms with Gasteiger partial charge in [-0.2, -0.15) is 0 Å². The van der Waals surface area contributed by atoms with Crippen molar-refractivity contribution in [2.24, 2.45) is 0 Å². The Morgan fingerprint density at radius 2 is 2.12 bits per heavy atom. The minimum atomic E-state index is -0.0627. The average molecular weight is 274 g/mol. The summed E-state index contributed by atoms with van der Waals surface area (Å²) in [4.78, 5) is 13.5. The second-order valence-corrected chi connectivity index (χ2v) is 4.57. The largest absolute Gasteiger partial charge is 0.377 e. The zero-order valence-corrected chi connectivity index (χ0v) is 10.7. The summed E-state index contributed by atoms with van der Waals surface area (Å²) in [6.07, 6.45) is 0. The van der Waals surface area contributed by atoms with E-state index < -0.39 is 0 Å². The van der Waals surface area contributed by atoms with Crippen LogP contribution in [0.4, 0.5) is 0 Å². The first kappa shape index (κ1) is 12.7. The number of halogens is 2. The number of nitrogens with zero attached hydrogens (tertiary/aromatic N) is 1. The number of carbonyl (C=O) groups is 1. The minimum Gasteiger partial charge on any atom is -0.377 e. The predicted molar refractivity (Wildman–Crippen MR) is 67.4 cm³/mol. The zero-order chi connectivity index (χ0) is 12.3. The molecule has 5 heteroatoms. The Morgan fingerprint density at radius 1 is 1.41 bits per heavy atom. The predicted octanol–water partition coefficient (Wildman–Crippen LogP) is 2.48. The van der Waals surface area contributed by atoms with Crippen LogP contribution in [0.2, 0.25) is 5.02 Å². The lowest BCUT2D eigenvalue weighted by molar-refractivity contribution is -0.137. The summed E-state index contributed by atoms with van der Waals surface area (Å²) in [6.45, 7) is 1.65. The standard InChI is InChI=1S/C12H13Cl2NO2/c13-7-12(16)15-5-6-17-8-11(15)9-1-3-10(14)4-2-9/h1-4,11H,5-8H2. The van der Waals surface area contributed by atoms with Gasteiger partial charge in [-0.25, -0.2) is 0 Å². The second kappa shape index (κ2) is 5.71. The lowest BCUT2D eigenvalue weighted by Gasteiger charge is -2.35. The molecule has 0 N–H and O–H groups in total. The molecule has 1 aliphatic heterocycles. The molecular weight excluding hydrogens is 261 g/mol. The minimum absolute atomic E-state index is 0.00406. The molecule has 1 saturated heterocycles. The SMILES string of the molecule is O=C(CCl)N1CCOCC1c1ccc(Cl)cc1. The topological polar surface area (TPSA) is 29.5 Å². The molecule has 3 nitrogen and oxygen atoms in total. The van der Waals surface area contributed by atoms with Crippen LogP contribution in [0.5, 0.6) is 0 Å². The van der Waals surface area contributed by atoms with Crippen LogP contribution in [-0.4, -0.2) is 36.4 Å². The van der Waals surface area contributed by atoms with Crippen LogP contribution in [0.15, 0.2) is 24.3 Å². The molecule has 0 radical (unpaired) electrons. The molecule has 1 amide bonds. The molecule has 0 bridgehead atoms. The Bertz CT molecular complexity index is 394. The van der Waals surface area contributed by atoms with Crippen molar-refractivity contribution in [1.29, 1.82) is 0 Å². The molecule has 1 fully saturated rings. The van der Waals surface area contributed by atoms with E-state index in [1.807, 2.05) is 24.3 Å². The highest BCUT2D eigenvalue weighted by Gasteiger charge is 2.27. The van der Waals surface area contributed by atoms with E-state index in [0.29, 0.717) is 24.8 Å². The number of morpholine rings is 1. The molecule has 1 aromatic carbocycles. The average Bonchev–Trinajstić information content (AvgIpc) is 2.39. The lowest BCUT2D eigenvalue weighted by atomic mass is 10.1. The number of hydrogen-bond acceptors (Lipinski definition) is 2. The van der Waals surface area contributed by atoms with Crippen molar-refractivity contribution in [3.63, 3.8) is 0 Å². The summed E-state index contributed by atoms with van der Waals surface area (Å²) in [5, 5.41) is 0.681. The van der Waals surface area contributed by atoms with Crippen molar-refractivity contribution in [3.8, 4) is 0 Å². The molecule has 2 rings (SSSR count). The molecule has 0 saturated carbocycles. The van der Waals surface area contributed by atoms with Gasteiger partial charge in [0.25, 0.3) is 0 Å². The van der Waals surface area contributed by atoms with Crippen LogP contribution in [0, 0.1) is 0 Å². The number of amides is 1. The van der Waals surface area contributed by atoms with Crippen LogP contribution in [0.3, 0.4) is 0 Å². The Hall–Kier alpha value is -0.770. The third-order valence-corrected chi connectivity index (χ3v) is 3.30. The van der Waals surface area contributed by atoms with E-state index in [1.165, 1.54) is 0 Å². The number of carbonyl (C=O) groups excluding carboxylic acids is 1. The third kappa shape index (κ3) is 2.92. The molecule has 17 heavy (non-hydrogen) atoms. The van der Waals surface area contributed by atoms with Crippen molar-refractivity contribution < 1.29 is 9.53 Å². The van der Waals surface area contributed by atoms with Gasteiger partial charge in [0.15, 0.2) is 0 Å². The summed E-state index contributed by atoms with van der Waals surface area (Å²) >= 11 is 11.5. The Morgan fingerprint density at radius 3 is 2.76 bits per heavy atom. The molecule has 0 aliphatic carbocycles. The van der Waals surface area contributed by atoms with Crippen LogP contribution in [0.1, 0.15) is 11.6 Å². The van der Waals surface area contributed by atoms with E-state index in [-0.39, 0.29) is 17.8 Å². The van der Waals surface area contributed by atoms with E-state index in [2.05, 4.69) is 0 Å². The number of benzene rings is 1. The van der Waals surface area contributed by atoms with Crippen LogP contribution in [0.25, 0.3) is 0 Å². The number of rotatable bonds is 2. The Labute approximate surface area is 110 Å². The quantitative estimate of drug-likeness (QED) is 0.775. The highest BCUT2D eigenvalue weighted by atomic mass is 35.5. The van der Waals surface area contributed by atoms with Gasteiger partial charge < -0.3 is 9.64 Å². The zero-order valence-electron chi connectivity index (χ0n) is 9.23. The normalized spacial score (nSPS) is 20.4. The van der Waals surface area contributed by atoms with Crippen molar-refractivity contribution in [2.45, 2.75) is 6.04 Å². The van der Waals surface area contributed by atoms with Crippen molar-refractivity contribution in [1.82, 2.24) is 4.90 Å². The van der Waals surface area contributed by atoms with E-state index in [9.17, 15) is 4.79 Å². The molecule has 1 heterocycles. The van der Waals surface area contributed by atoms with Crippen LogP contribution >= 0.6 is 23.2 Å². The Kier molecular flexibility index (Phi) is 4.26. The monoisotopic (exact) mass is 273 g/mol. The van der Waals surface area contributed by atoms with Gasteiger partial charge in [0.2, 0.25) is 5.91 Å². The van der Waals surface area contributed by atoms with Gasteiger partial charge in [-0.3, -0.25) is 4.79 Å². The maximum absolute atomic E-state index is 11.7. The van der Waals surface area contributed by atoms with Gasteiger partial charge in [-0.05, 0) is 17.7 Å². The fourth-order valence-electron chi connectivity index (χ4n) is 1.94. The maximum atomic E-state index is 11.7. The fraction of sp³-hybridized carbons (Fsp3) is 0.417. The smallest absolute Gasteiger partial charge is 0.238 e. The number of ether oxygens (including phenoxy) is 1. The molecule has 1 aromatic rings. The van der Waals surface area contributed by atoms with Gasteiger partial charge >= 0.3 is 0 Å². The van der Waals surface area contributed by atoms with Gasteiger partial charge in [-0.15, -0.1) is 11.6 Å². The first-order valence-electron chi connectivity index (χ1n) is 5.41. The maximum Gasteiger partial charge on any atom is 0.238 e. The van der Waals surface area contributed by atoms with Crippen molar-refractivity contribution >= 4 is 29.1 Å². The highest BCUT2D eigenvalue weighted by Crippen LogP contribution is 2.25. The molecule has 1 unspecified atom stereocenters. The third-order valence-electron chi connectivity index (χ3n) is 2.82. The first-order chi connectivity index (χ1) is 8.22. The van der Waals surface area contributed by atoms with E-state index >= 15 is 0 Å². The molecule has 1 atom stereocenters. The second-order valence-electron chi connectivity index (χ2n) is 3.86. The highest BCUT2D eigenvalue weighted by molar-refractivity contribution is 6.30. The van der Waals surface area contributed by atoms with Gasteiger partial charge in [0.05, 0.1) is 19.3 Å². The molecule has 0 spiro atoms. The summed E-state index contributed by atoms with van der Waals surface area (Å²) in [6, 6.07) is 7.39. The van der Waals surface area contributed by atoms with Crippen LogP contribution in [-0.2, 0) is 9.53 Å². The van der Waals surface area contributed by atoms with Crippen molar-refractivity contribution in [2.75, 3.05) is 25.6 Å². The van der Waals surface area contributed by atoms with Gasteiger partial charge in [0.1, 0.15) is 5.88 Å². The molecule has 92 valence electrons. The van der Waals surface area contributed by atoms with Crippen molar-refractivity contribution in [3.05, 3.63) is 34.9 Å². The Balaban J connectivity index is 2.21. The summed E-state index contributed by atoms with van der Waals surface area (Å²) in [7, 11) is 0.